The lowest BCUT2D eigenvalue weighted by atomic mass is 9.84. The van der Waals surface area contributed by atoms with E-state index in [4.69, 9.17) is 11.2 Å². The van der Waals surface area contributed by atoms with E-state index in [1.807, 2.05) is 6.92 Å². The summed E-state index contributed by atoms with van der Waals surface area (Å²) < 4.78 is 5.50. The number of rotatable bonds is 8. The van der Waals surface area contributed by atoms with E-state index in [1.165, 1.54) is 0 Å². The molecule has 1 atom stereocenters. The first-order chi connectivity index (χ1) is 13.1. The Labute approximate surface area is 183 Å². The third-order valence-electron chi connectivity index (χ3n) is 4.50. The molecule has 0 bridgehead atoms. The van der Waals surface area contributed by atoms with Gasteiger partial charge in [-0.15, -0.1) is 30.4 Å². The second-order valence-corrected chi connectivity index (χ2v) is 6.60. The van der Waals surface area contributed by atoms with Gasteiger partial charge >= 0.3 is 0 Å². The van der Waals surface area contributed by atoms with Crippen LogP contribution in [0.3, 0.4) is 0 Å². The summed E-state index contributed by atoms with van der Waals surface area (Å²) in [6.07, 6.45) is 6.94. The predicted molar refractivity (Wildman–Crippen MR) is 122 cm³/mol. The maximum atomic E-state index is 12.2. The van der Waals surface area contributed by atoms with Crippen LogP contribution in [0, 0.1) is 17.8 Å². The van der Waals surface area contributed by atoms with Crippen molar-refractivity contribution in [3.8, 4) is 12.3 Å². The van der Waals surface area contributed by atoms with Crippen molar-refractivity contribution in [3.05, 3.63) is 29.8 Å². The second-order valence-electron chi connectivity index (χ2n) is 6.60. The number of ether oxygens (including phenoxy) is 1. The van der Waals surface area contributed by atoms with E-state index in [2.05, 4.69) is 26.9 Å². The van der Waals surface area contributed by atoms with Gasteiger partial charge in [-0.25, -0.2) is 4.99 Å². The summed E-state index contributed by atoms with van der Waals surface area (Å²) in [5.41, 5.74) is 1.26. The summed E-state index contributed by atoms with van der Waals surface area (Å²) in [6.45, 7) is 4.70. The Kier molecular flexibility index (Phi) is 10.9. The summed E-state index contributed by atoms with van der Waals surface area (Å²) in [5, 5.41) is 18.5. The van der Waals surface area contributed by atoms with Gasteiger partial charge in [0.2, 0.25) is 5.91 Å². The number of carbonyl (C=O) groups excluding carboxylic acids is 1. The fourth-order valence-corrected chi connectivity index (χ4v) is 2.96. The van der Waals surface area contributed by atoms with Crippen LogP contribution in [-0.4, -0.2) is 56.4 Å². The SMILES string of the molecule is C#Cc1cccc(NC(=O)CN=C(NCC)NCC2(CCO)CCOC2)c1.I. The van der Waals surface area contributed by atoms with E-state index in [0.29, 0.717) is 49.9 Å². The number of nitrogens with zero attached hydrogens (tertiary/aromatic N) is 1. The van der Waals surface area contributed by atoms with Crippen LogP contribution in [0.2, 0.25) is 0 Å². The number of amides is 1. The van der Waals surface area contributed by atoms with Crippen LogP contribution >= 0.6 is 24.0 Å². The van der Waals surface area contributed by atoms with Crippen molar-refractivity contribution in [3.63, 3.8) is 0 Å². The summed E-state index contributed by atoms with van der Waals surface area (Å²) in [7, 11) is 0. The zero-order valence-corrected chi connectivity index (χ0v) is 18.5. The lowest BCUT2D eigenvalue weighted by molar-refractivity contribution is -0.114. The summed E-state index contributed by atoms with van der Waals surface area (Å²) >= 11 is 0. The van der Waals surface area contributed by atoms with Gasteiger partial charge in [0.25, 0.3) is 0 Å². The Bertz CT molecular complexity index is 697. The Hall–Kier alpha value is -1.83. The monoisotopic (exact) mass is 500 g/mol. The van der Waals surface area contributed by atoms with Gasteiger partial charge in [0.15, 0.2) is 5.96 Å². The first-order valence-corrected chi connectivity index (χ1v) is 9.18. The number of carbonyl (C=O) groups is 1. The van der Waals surface area contributed by atoms with E-state index >= 15 is 0 Å². The topological polar surface area (TPSA) is 95.0 Å². The van der Waals surface area contributed by atoms with Crippen molar-refractivity contribution in [1.29, 1.82) is 0 Å². The second kappa shape index (κ2) is 12.6. The molecule has 0 aliphatic carbocycles. The molecule has 0 saturated carbocycles. The van der Waals surface area contributed by atoms with Gasteiger partial charge in [0.05, 0.1) is 6.61 Å². The molecular formula is C20H29IN4O3. The minimum atomic E-state index is -0.226. The number of terminal acetylenes is 1. The summed E-state index contributed by atoms with van der Waals surface area (Å²) in [5.74, 6) is 2.88. The van der Waals surface area contributed by atoms with Gasteiger partial charge in [0, 0.05) is 43.0 Å². The van der Waals surface area contributed by atoms with E-state index in [0.717, 1.165) is 6.42 Å². The van der Waals surface area contributed by atoms with Gasteiger partial charge in [-0.1, -0.05) is 12.0 Å². The Morgan fingerprint density at radius 1 is 1.43 bits per heavy atom. The zero-order chi connectivity index (χ0) is 19.5. The molecular weight excluding hydrogens is 471 g/mol. The third kappa shape index (κ3) is 7.66. The molecule has 0 spiro atoms. The van der Waals surface area contributed by atoms with Gasteiger partial charge in [-0.2, -0.15) is 0 Å². The van der Waals surface area contributed by atoms with Gasteiger partial charge in [-0.3, -0.25) is 4.79 Å². The fraction of sp³-hybridized carbons (Fsp3) is 0.500. The molecule has 28 heavy (non-hydrogen) atoms. The molecule has 7 nitrogen and oxygen atoms in total. The highest BCUT2D eigenvalue weighted by molar-refractivity contribution is 14.0. The van der Waals surface area contributed by atoms with Crippen molar-refractivity contribution in [2.45, 2.75) is 19.8 Å². The minimum Gasteiger partial charge on any atom is -0.396 e. The van der Waals surface area contributed by atoms with E-state index < -0.39 is 0 Å². The zero-order valence-electron chi connectivity index (χ0n) is 16.2. The number of aliphatic imine (C=N–C) groups is 1. The number of hydrogen-bond acceptors (Lipinski definition) is 4. The lowest BCUT2D eigenvalue weighted by Gasteiger charge is -2.27. The molecule has 4 N–H and O–H groups in total. The number of aliphatic hydroxyl groups is 1. The molecule has 8 heteroatoms. The molecule has 1 aromatic carbocycles. The number of benzene rings is 1. The highest BCUT2D eigenvalue weighted by atomic mass is 127. The molecule has 154 valence electrons. The fourth-order valence-electron chi connectivity index (χ4n) is 2.96. The van der Waals surface area contributed by atoms with Crippen LogP contribution in [-0.2, 0) is 9.53 Å². The predicted octanol–water partition coefficient (Wildman–Crippen LogP) is 1.57. The van der Waals surface area contributed by atoms with Crippen molar-refractivity contribution >= 4 is 41.5 Å². The first kappa shape index (κ1) is 24.2. The number of hydrogen-bond donors (Lipinski definition) is 4. The van der Waals surface area contributed by atoms with Crippen LogP contribution in [0.5, 0.6) is 0 Å². The molecule has 1 aromatic rings. The van der Waals surface area contributed by atoms with Crippen molar-refractivity contribution in [1.82, 2.24) is 10.6 Å². The molecule has 2 rings (SSSR count). The standard InChI is InChI=1S/C20H28N4O3.HI/c1-3-16-6-5-7-17(12-16)24-18(26)13-22-19(21-4-2)23-14-20(8-10-25)9-11-27-15-20;/h1,5-7,12,25H,4,8-11,13-15H2,2H3,(H,24,26)(H2,21,22,23);1H. The molecule has 1 unspecified atom stereocenters. The maximum absolute atomic E-state index is 12.2. The number of halogens is 1. The van der Waals surface area contributed by atoms with E-state index in [9.17, 15) is 9.90 Å². The third-order valence-corrected chi connectivity index (χ3v) is 4.50. The molecule has 1 heterocycles. The van der Waals surface area contributed by atoms with Crippen LogP contribution in [0.1, 0.15) is 25.3 Å². The van der Waals surface area contributed by atoms with Crippen LogP contribution in [0.25, 0.3) is 0 Å². The minimum absolute atomic E-state index is 0. The van der Waals surface area contributed by atoms with Crippen molar-refractivity contribution in [2.24, 2.45) is 10.4 Å². The van der Waals surface area contributed by atoms with Crippen LogP contribution in [0.15, 0.2) is 29.3 Å². The molecule has 1 amide bonds. The quantitative estimate of drug-likeness (QED) is 0.188. The maximum Gasteiger partial charge on any atom is 0.246 e. The number of anilines is 1. The van der Waals surface area contributed by atoms with Crippen LogP contribution < -0.4 is 16.0 Å². The molecule has 0 radical (unpaired) electrons. The summed E-state index contributed by atoms with van der Waals surface area (Å²) in [4.78, 5) is 16.5. The Balaban J connectivity index is 0.00000392. The average Bonchev–Trinajstić information content (AvgIpc) is 3.13. The first-order valence-electron chi connectivity index (χ1n) is 9.18. The van der Waals surface area contributed by atoms with Crippen molar-refractivity contribution < 1.29 is 14.6 Å². The van der Waals surface area contributed by atoms with E-state index in [-0.39, 0.29) is 48.5 Å². The average molecular weight is 500 g/mol. The number of aliphatic hydroxyl groups excluding tert-OH is 1. The van der Waals surface area contributed by atoms with Crippen LogP contribution in [0.4, 0.5) is 5.69 Å². The Morgan fingerprint density at radius 2 is 2.25 bits per heavy atom. The van der Waals surface area contributed by atoms with Gasteiger partial charge in [0.1, 0.15) is 6.54 Å². The largest absolute Gasteiger partial charge is 0.396 e. The number of guanidine groups is 1. The normalized spacial score (nSPS) is 18.7. The molecule has 1 aliphatic rings. The molecule has 1 aliphatic heterocycles. The smallest absolute Gasteiger partial charge is 0.246 e. The summed E-state index contributed by atoms with van der Waals surface area (Å²) in [6, 6.07) is 7.12. The molecule has 1 saturated heterocycles. The van der Waals surface area contributed by atoms with E-state index in [1.54, 1.807) is 24.3 Å². The molecule has 1 fully saturated rings. The highest BCUT2D eigenvalue weighted by Crippen LogP contribution is 2.31. The number of nitrogens with one attached hydrogen (secondary N) is 3. The van der Waals surface area contributed by atoms with Gasteiger partial charge in [-0.05, 0) is 38.0 Å². The lowest BCUT2D eigenvalue weighted by Crippen LogP contribution is -2.44. The Morgan fingerprint density at radius 3 is 2.89 bits per heavy atom. The molecule has 0 aromatic heterocycles. The highest BCUT2D eigenvalue weighted by Gasteiger charge is 2.34. The van der Waals surface area contributed by atoms with Gasteiger partial charge < -0.3 is 25.8 Å². The van der Waals surface area contributed by atoms with Crippen molar-refractivity contribution in [2.75, 3.05) is 44.8 Å².